The maximum absolute atomic E-state index is 9.22. The average molecular weight is 251 g/mol. The summed E-state index contributed by atoms with van der Waals surface area (Å²) in [6, 6.07) is 4.08. The van der Waals surface area contributed by atoms with Crippen molar-refractivity contribution in [2.45, 2.75) is 32.0 Å². The molecule has 1 saturated heterocycles. The van der Waals surface area contributed by atoms with Gasteiger partial charge in [-0.2, -0.15) is 0 Å². The third-order valence-corrected chi connectivity index (χ3v) is 3.29. The topological polar surface area (TPSA) is 71.6 Å². The molecule has 5 heteroatoms. The fraction of sp³-hybridized carbons (Fsp3) is 0.615. The van der Waals surface area contributed by atoms with Gasteiger partial charge in [0.25, 0.3) is 0 Å². The van der Waals surface area contributed by atoms with E-state index in [0.717, 1.165) is 11.4 Å². The highest BCUT2D eigenvalue weighted by Crippen LogP contribution is 2.26. The zero-order chi connectivity index (χ0) is 13.1. The van der Waals surface area contributed by atoms with Crippen LogP contribution in [-0.4, -0.2) is 42.0 Å². The van der Waals surface area contributed by atoms with E-state index in [4.69, 9.17) is 10.5 Å². The van der Waals surface area contributed by atoms with Crippen molar-refractivity contribution in [1.29, 1.82) is 0 Å². The summed E-state index contributed by atoms with van der Waals surface area (Å²) < 4.78 is 5.54. The van der Waals surface area contributed by atoms with Crippen LogP contribution in [0.1, 0.15) is 25.5 Å². The van der Waals surface area contributed by atoms with Gasteiger partial charge in [0, 0.05) is 24.3 Å². The first-order chi connectivity index (χ1) is 8.63. The first kappa shape index (κ1) is 13.3. The third kappa shape index (κ3) is 2.63. The average Bonchev–Trinajstić information content (AvgIpc) is 2.39. The second-order valence-corrected chi connectivity index (χ2v) is 4.84. The minimum Gasteiger partial charge on any atom is -0.394 e. The third-order valence-electron chi connectivity index (χ3n) is 3.29. The summed E-state index contributed by atoms with van der Waals surface area (Å²) in [7, 11) is 0. The van der Waals surface area contributed by atoms with Gasteiger partial charge in [0.1, 0.15) is 5.82 Å². The van der Waals surface area contributed by atoms with E-state index in [9.17, 15) is 5.11 Å². The quantitative estimate of drug-likeness (QED) is 0.827. The second kappa shape index (κ2) is 5.65. The number of aromatic nitrogens is 1. The predicted octanol–water partition coefficient (Wildman–Crippen LogP) is 0.687. The molecule has 2 rings (SSSR count). The van der Waals surface area contributed by atoms with Gasteiger partial charge < -0.3 is 20.5 Å². The van der Waals surface area contributed by atoms with Crippen molar-refractivity contribution in [3.63, 3.8) is 0 Å². The van der Waals surface area contributed by atoms with Gasteiger partial charge in [0.2, 0.25) is 0 Å². The molecule has 3 N–H and O–H groups in total. The molecule has 0 radical (unpaired) electrons. The molecule has 2 heterocycles. The number of nitrogens with two attached hydrogens (primary N) is 1. The molecule has 3 atom stereocenters. The van der Waals surface area contributed by atoms with Crippen LogP contribution in [0.2, 0.25) is 0 Å². The maximum atomic E-state index is 9.22. The molecular weight excluding hydrogens is 230 g/mol. The predicted molar refractivity (Wildman–Crippen MR) is 70.5 cm³/mol. The van der Waals surface area contributed by atoms with Crippen LogP contribution in [0.15, 0.2) is 18.3 Å². The van der Waals surface area contributed by atoms with Crippen molar-refractivity contribution in [2.75, 3.05) is 24.7 Å². The Morgan fingerprint density at radius 1 is 1.67 bits per heavy atom. The largest absolute Gasteiger partial charge is 0.394 e. The van der Waals surface area contributed by atoms with Crippen LogP contribution in [0.5, 0.6) is 0 Å². The van der Waals surface area contributed by atoms with E-state index in [2.05, 4.69) is 16.8 Å². The molecule has 1 aliphatic rings. The molecule has 1 aliphatic heterocycles. The van der Waals surface area contributed by atoms with E-state index in [-0.39, 0.29) is 24.8 Å². The minimum absolute atomic E-state index is 0.0313. The highest BCUT2D eigenvalue weighted by Gasteiger charge is 2.28. The van der Waals surface area contributed by atoms with Crippen LogP contribution >= 0.6 is 0 Å². The van der Waals surface area contributed by atoms with Crippen LogP contribution in [-0.2, 0) is 4.74 Å². The Labute approximate surface area is 108 Å². The molecule has 0 aromatic carbocycles. The van der Waals surface area contributed by atoms with Crippen molar-refractivity contribution in [3.05, 3.63) is 23.9 Å². The summed E-state index contributed by atoms with van der Waals surface area (Å²) in [5, 5.41) is 9.22. The number of aliphatic hydroxyl groups is 1. The highest BCUT2D eigenvalue weighted by atomic mass is 16.5. The van der Waals surface area contributed by atoms with Crippen molar-refractivity contribution in [3.8, 4) is 0 Å². The lowest BCUT2D eigenvalue weighted by Crippen LogP contribution is -2.50. The zero-order valence-electron chi connectivity index (χ0n) is 10.9. The fourth-order valence-corrected chi connectivity index (χ4v) is 2.23. The first-order valence-corrected chi connectivity index (χ1v) is 6.33. The normalized spacial score (nSPS) is 26.1. The van der Waals surface area contributed by atoms with E-state index in [1.807, 2.05) is 19.1 Å². The standard InChI is InChI=1S/C13H21N3O2/c1-9-8-18-11(7-17)6-16(9)13-12(10(2)14)4-3-5-15-13/h3-5,9-11,17H,6-8,14H2,1-2H3/t9?,10-,11?/m1/s1. The van der Waals surface area contributed by atoms with E-state index >= 15 is 0 Å². The van der Waals surface area contributed by atoms with Crippen molar-refractivity contribution in [1.82, 2.24) is 4.98 Å². The molecule has 100 valence electrons. The summed E-state index contributed by atoms with van der Waals surface area (Å²) in [5.41, 5.74) is 7.02. The first-order valence-electron chi connectivity index (χ1n) is 6.33. The number of aliphatic hydroxyl groups excluding tert-OH is 1. The number of anilines is 1. The van der Waals surface area contributed by atoms with Gasteiger partial charge in [-0.3, -0.25) is 0 Å². The van der Waals surface area contributed by atoms with E-state index in [0.29, 0.717) is 13.2 Å². The lowest BCUT2D eigenvalue weighted by Gasteiger charge is -2.39. The Bertz CT molecular complexity index is 398. The van der Waals surface area contributed by atoms with Gasteiger partial charge in [0.15, 0.2) is 0 Å². The van der Waals surface area contributed by atoms with Crippen molar-refractivity contribution >= 4 is 5.82 Å². The SMILES string of the molecule is CC1COC(CO)CN1c1ncccc1[C@@H](C)N. The molecule has 1 aromatic rings. The smallest absolute Gasteiger partial charge is 0.133 e. The summed E-state index contributed by atoms with van der Waals surface area (Å²) in [5.74, 6) is 0.904. The maximum Gasteiger partial charge on any atom is 0.133 e. The molecular formula is C13H21N3O2. The molecule has 18 heavy (non-hydrogen) atoms. The number of rotatable bonds is 3. The lowest BCUT2D eigenvalue weighted by atomic mass is 10.1. The summed E-state index contributed by atoms with van der Waals surface area (Å²) in [4.78, 5) is 6.62. The Kier molecular flexibility index (Phi) is 4.16. The Hall–Kier alpha value is -1.17. The Morgan fingerprint density at radius 2 is 2.44 bits per heavy atom. The Morgan fingerprint density at radius 3 is 3.11 bits per heavy atom. The molecule has 5 nitrogen and oxygen atoms in total. The van der Waals surface area contributed by atoms with Crippen LogP contribution < -0.4 is 10.6 Å². The number of morpholine rings is 1. The van der Waals surface area contributed by atoms with Crippen LogP contribution in [0.4, 0.5) is 5.82 Å². The lowest BCUT2D eigenvalue weighted by molar-refractivity contribution is -0.0106. The van der Waals surface area contributed by atoms with Crippen molar-refractivity contribution in [2.24, 2.45) is 5.73 Å². The van der Waals surface area contributed by atoms with Gasteiger partial charge in [-0.1, -0.05) is 6.07 Å². The Balaban J connectivity index is 2.28. The number of hydrogen-bond acceptors (Lipinski definition) is 5. The van der Waals surface area contributed by atoms with Gasteiger partial charge in [-0.15, -0.1) is 0 Å². The molecule has 0 bridgehead atoms. The summed E-state index contributed by atoms with van der Waals surface area (Å²) >= 11 is 0. The number of nitrogens with zero attached hydrogens (tertiary/aromatic N) is 2. The van der Waals surface area contributed by atoms with E-state index in [1.54, 1.807) is 6.20 Å². The van der Waals surface area contributed by atoms with Gasteiger partial charge in [-0.25, -0.2) is 4.98 Å². The molecule has 0 saturated carbocycles. The number of pyridine rings is 1. The van der Waals surface area contributed by atoms with Gasteiger partial charge >= 0.3 is 0 Å². The second-order valence-electron chi connectivity index (χ2n) is 4.84. The van der Waals surface area contributed by atoms with Gasteiger partial charge in [-0.05, 0) is 19.9 Å². The van der Waals surface area contributed by atoms with Crippen LogP contribution in [0, 0.1) is 0 Å². The molecule has 0 aliphatic carbocycles. The molecule has 1 aromatic heterocycles. The fourth-order valence-electron chi connectivity index (χ4n) is 2.23. The van der Waals surface area contributed by atoms with E-state index in [1.165, 1.54) is 0 Å². The number of hydrogen-bond donors (Lipinski definition) is 2. The summed E-state index contributed by atoms with van der Waals surface area (Å²) in [6.45, 7) is 5.32. The minimum atomic E-state index is -0.149. The molecule has 0 amide bonds. The van der Waals surface area contributed by atoms with Crippen LogP contribution in [0.3, 0.4) is 0 Å². The number of ether oxygens (including phenoxy) is 1. The van der Waals surface area contributed by atoms with Crippen molar-refractivity contribution < 1.29 is 9.84 Å². The molecule has 1 fully saturated rings. The molecule has 2 unspecified atom stereocenters. The van der Waals surface area contributed by atoms with Gasteiger partial charge in [0.05, 0.1) is 25.4 Å². The monoisotopic (exact) mass is 251 g/mol. The van der Waals surface area contributed by atoms with Crippen LogP contribution in [0.25, 0.3) is 0 Å². The summed E-state index contributed by atoms with van der Waals surface area (Å²) in [6.07, 6.45) is 1.63. The highest BCUT2D eigenvalue weighted by molar-refractivity contribution is 5.49. The zero-order valence-corrected chi connectivity index (χ0v) is 10.9. The molecule has 0 spiro atoms. The van der Waals surface area contributed by atoms with E-state index < -0.39 is 0 Å².